The Morgan fingerprint density at radius 1 is 1.33 bits per heavy atom. The second-order valence-electron chi connectivity index (χ2n) is 9.20. The smallest absolute Gasteiger partial charge is 0.307 e. The van der Waals surface area contributed by atoms with E-state index >= 15 is 0 Å². The van der Waals surface area contributed by atoms with Gasteiger partial charge in [0.25, 0.3) is 11.5 Å². The topological polar surface area (TPSA) is 135 Å². The van der Waals surface area contributed by atoms with Crippen molar-refractivity contribution in [2.24, 2.45) is 17.6 Å². The largest absolute Gasteiger partial charge is 0.453 e. The molecule has 1 aliphatic heterocycles. The van der Waals surface area contributed by atoms with E-state index in [1.165, 1.54) is 16.7 Å². The van der Waals surface area contributed by atoms with E-state index in [-0.39, 0.29) is 36.8 Å². The molecule has 0 aromatic carbocycles. The lowest BCUT2D eigenvalue weighted by Crippen LogP contribution is -2.48. The molecule has 10 heteroatoms. The number of rotatable bonds is 6. The number of likely N-dealkylation sites (tertiary alicyclic amines) is 1. The third-order valence-corrected chi connectivity index (χ3v) is 7.72. The number of fused-ring (bicyclic) bond motifs is 3. The van der Waals surface area contributed by atoms with Crippen LogP contribution in [0.1, 0.15) is 55.8 Å². The van der Waals surface area contributed by atoms with Crippen molar-refractivity contribution in [3.8, 4) is 0 Å². The number of carbonyl (C=O) groups is 3. The van der Waals surface area contributed by atoms with E-state index in [4.69, 9.17) is 10.5 Å². The maximum Gasteiger partial charge on any atom is 0.307 e. The van der Waals surface area contributed by atoms with Crippen LogP contribution in [-0.4, -0.2) is 51.8 Å². The van der Waals surface area contributed by atoms with Crippen LogP contribution in [0.25, 0.3) is 10.2 Å². The van der Waals surface area contributed by atoms with E-state index in [0.29, 0.717) is 36.5 Å². The molecule has 3 heterocycles. The summed E-state index contributed by atoms with van der Waals surface area (Å²) in [6, 6.07) is 0. The Hall–Kier alpha value is -2.75. The van der Waals surface area contributed by atoms with Gasteiger partial charge in [-0.25, -0.2) is 4.98 Å². The number of aromatic amines is 1. The summed E-state index contributed by atoms with van der Waals surface area (Å²) in [7, 11) is 0. The molecule has 178 valence electrons. The minimum Gasteiger partial charge on any atom is -0.453 e. The number of hydrogen-bond acceptors (Lipinski definition) is 7. The van der Waals surface area contributed by atoms with E-state index < -0.39 is 18.0 Å². The van der Waals surface area contributed by atoms with Gasteiger partial charge in [0.15, 0.2) is 6.10 Å². The number of H-pyrrole nitrogens is 1. The number of thiophene rings is 1. The third-order valence-electron chi connectivity index (χ3n) is 6.57. The zero-order valence-corrected chi connectivity index (χ0v) is 19.8. The minimum absolute atomic E-state index is 0.00188. The van der Waals surface area contributed by atoms with Crippen molar-refractivity contribution in [1.82, 2.24) is 14.9 Å². The van der Waals surface area contributed by atoms with Crippen molar-refractivity contribution >= 4 is 39.3 Å². The molecular formula is C23H30N4O5S. The number of piperidine rings is 1. The van der Waals surface area contributed by atoms with Crippen LogP contribution in [0.4, 0.5) is 0 Å². The number of esters is 1. The maximum absolute atomic E-state index is 12.7. The van der Waals surface area contributed by atoms with E-state index in [0.717, 1.165) is 29.7 Å². The van der Waals surface area contributed by atoms with E-state index in [1.807, 2.05) is 0 Å². The average molecular weight is 475 g/mol. The molecule has 4 rings (SSSR count). The minimum atomic E-state index is -0.954. The molecular weight excluding hydrogens is 444 g/mol. The number of ether oxygens (including phenoxy) is 1. The molecule has 1 aliphatic carbocycles. The van der Waals surface area contributed by atoms with Crippen LogP contribution in [0.5, 0.6) is 0 Å². The van der Waals surface area contributed by atoms with Gasteiger partial charge in [0.2, 0.25) is 5.91 Å². The highest BCUT2D eigenvalue weighted by Gasteiger charge is 2.31. The van der Waals surface area contributed by atoms with Crippen LogP contribution in [0.3, 0.4) is 0 Å². The van der Waals surface area contributed by atoms with Gasteiger partial charge in [0.1, 0.15) is 10.7 Å². The summed E-state index contributed by atoms with van der Waals surface area (Å²) < 4.78 is 5.32. The summed E-state index contributed by atoms with van der Waals surface area (Å²) in [4.78, 5) is 60.0. The summed E-state index contributed by atoms with van der Waals surface area (Å²) in [6.45, 7) is 4.51. The third kappa shape index (κ3) is 5.10. The van der Waals surface area contributed by atoms with Crippen molar-refractivity contribution in [2.45, 2.75) is 64.9 Å². The molecule has 3 N–H and O–H groups in total. The highest BCUT2D eigenvalue weighted by atomic mass is 32.1. The lowest BCUT2D eigenvalue weighted by molar-refractivity contribution is -0.160. The summed E-state index contributed by atoms with van der Waals surface area (Å²) in [5.74, 6) is -0.612. The number of amides is 2. The number of hydrogen-bond donors (Lipinski definition) is 2. The zero-order chi connectivity index (χ0) is 23.7. The van der Waals surface area contributed by atoms with E-state index in [2.05, 4.69) is 16.9 Å². The second kappa shape index (κ2) is 9.62. The van der Waals surface area contributed by atoms with E-state index in [9.17, 15) is 19.2 Å². The predicted molar refractivity (Wildman–Crippen MR) is 124 cm³/mol. The van der Waals surface area contributed by atoms with Crippen molar-refractivity contribution in [3.05, 3.63) is 26.6 Å². The standard InChI is InChI=1S/C23H30N4O5S/c1-12-5-6-15-16(10-12)33-22-19(15)21(30)25-17(26-22)7-8-18(28)32-13(2)23(31)27-9-3-4-14(11-27)20(24)29/h12-14H,3-11H2,1-2H3,(H2,24,29)(H,25,26,30). The van der Waals surface area contributed by atoms with Crippen molar-refractivity contribution < 1.29 is 19.1 Å². The number of nitrogens with zero attached hydrogens (tertiary/aromatic N) is 2. The van der Waals surface area contributed by atoms with Gasteiger partial charge in [0, 0.05) is 24.4 Å². The molecule has 2 amide bonds. The number of nitrogens with one attached hydrogen (secondary N) is 1. The molecule has 3 unspecified atom stereocenters. The molecule has 2 aliphatic rings. The fraction of sp³-hybridized carbons (Fsp3) is 0.609. The lowest BCUT2D eigenvalue weighted by Gasteiger charge is -2.32. The van der Waals surface area contributed by atoms with Crippen LogP contribution in [0.2, 0.25) is 0 Å². The summed E-state index contributed by atoms with van der Waals surface area (Å²) in [5, 5.41) is 0.684. The monoisotopic (exact) mass is 474 g/mol. The molecule has 0 bridgehead atoms. The normalized spacial score (nSPS) is 21.5. The summed E-state index contributed by atoms with van der Waals surface area (Å²) in [6.07, 6.45) is 3.56. The molecule has 1 saturated heterocycles. The number of nitrogens with two attached hydrogens (primary N) is 1. The van der Waals surface area contributed by atoms with Crippen LogP contribution in [0, 0.1) is 11.8 Å². The Bertz CT molecular complexity index is 1140. The Balaban J connectivity index is 1.35. The van der Waals surface area contributed by atoms with Gasteiger partial charge >= 0.3 is 5.97 Å². The van der Waals surface area contributed by atoms with Gasteiger partial charge < -0.3 is 20.4 Å². The molecule has 2 aromatic rings. The van der Waals surface area contributed by atoms with E-state index in [1.54, 1.807) is 11.3 Å². The SMILES string of the molecule is CC1CCc2c(sc3nc(CCC(=O)OC(C)C(=O)N4CCCC(C(N)=O)C4)[nH]c(=O)c23)C1. The second-order valence-corrected chi connectivity index (χ2v) is 10.3. The van der Waals surface area contributed by atoms with Gasteiger partial charge in [-0.3, -0.25) is 19.2 Å². The number of primary amides is 1. The fourth-order valence-electron chi connectivity index (χ4n) is 4.71. The molecule has 0 spiro atoms. The zero-order valence-electron chi connectivity index (χ0n) is 19.0. The van der Waals surface area contributed by atoms with Crippen molar-refractivity contribution in [1.29, 1.82) is 0 Å². The van der Waals surface area contributed by atoms with Gasteiger partial charge in [0.05, 0.1) is 17.7 Å². The first kappa shape index (κ1) is 23.4. The number of aromatic nitrogens is 2. The maximum atomic E-state index is 12.7. The Morgan fingerprint density at radius 3 is 2.88 bits per heavy atom. The van der Waals surface area contributed by atoms with Gasteiger partial charge in [-0.15, -0.1) is 11.3 Å². The van der Waals surface area contributed by atoms with Crippen LogP contribution >= 0.6 is 11.3 Å². The first-order chi connectivity index (χ1) is 15.7. The first-order valence-electron chi connectivity index (χ1n) is 11.5. The Labute approximate surface area is 195 Å². The number of carbonyl (C=O) groups excluding carboxylic acids is 3. The first-order valence-corrected chi connectivity index (χ1v) is 12.4. The highest BCUT2D eigenvalue weighted by Crippen LogP contribution is 2.35. The van der Waals surface area contributed by atoms with Crippen LogP contribution in [-0.2, 0) is 38.4 Å². The quantitative estimate of drug-likeness (QED) is 0.612. The number of aryl methyl sites for hydroxylation is 2. The fourth-order valence-corrected chi connectivity index (χ4v) is 6.11. The summed E-state index contributed by atoms with van der Waals surface area (Å²) in [5.41, 5.74) is 6.33. The van der Waals surface area contributed by atoms with Gasteiger partial charge in [-0.1, -0.05) is 6.92 Å². The molecule has 2 aromatic heterocycles. The van der Waals surface area contributed by atoms with Gasteiger partial charge in [-0.05, 0) is 50.5 Å². The molecule has 9 nitrogen and oxygen atoms in total. The lowest BCUT2D eigenvalue weighted by atomic mass is 9.89. The Kier molecular flexibility index (Phi) is 6.83. The summed E-state index contributed by atoms with van der Waals surface area (Å²) >= 11 is 1.57. The molecule has 3 atom stereocenters. The predicted octanol–water partition coefficient (Wildman–Crippen LogP) is 1.70. The Morgan fingerprint density at radius 2 is 2.12 bits per heavy atom. The molecule has 0 radical (unpaired) electrons. The van der Waals surface area contributed by atoms with Crippen molar-refractivity contribution in [3.63, 3.8) is 0 Å². The van der Waals surface area contributed by atoms with Crippen molar-refractivity contribution in [2.75, 3.05) is 13.1 Å². The average Bonchev–Trinajstić information content (AvgIpc) is 3.15. The molecule has 1 fully saturated rings. The van der Waals surface area contributed by atoms with Gasteiger partial charge in [-0.2, -0.15) is 0 Å². The molecule has 0 saturated carbocycles. The highest BCUT2D eigenvalue weighted by molar-refractivity contribution is 7.18. The van der Waals surface area contributed by atoms with Crippen LogP contribution in [0.15, 0.2) is 4.79 Å². The molecule has 33 heavy (non-hydrogen) atoms. The van der Waals surface area contributed by atoms with Crippen LogP contribution < -0.4 is 11.3 Å².